The first-order chi connectivity index (χ1) is 14.0. The first-order valence-electron chi connectivity index (χ1n) is 9.71. The van der Waals surface area contributed by atoms with E-state index in [1.165, 1.54) is 19.2 Å². The molecule has 2 rings (SSSR count). The molecule has 8 heteroatoms. The lowest BCUT2D eigenvalue weighted by Crippen LogP contribution is -2.30. The fraction of sp³-hybridized carbons (Fsp3) is 0.364. The quantitative estimate of drug-likeness (QED) is 0.597. The number of nitrogens with one attached hydrogen (secondary N) is 3. The molecule has 0 aliphatic carbocycles. The number of hydrogen-bond donors (Lipinski definition) is 3. The van der Waals surface area contributed by atoms with Crippen molar-refractivity contribution in [2.45, 2.75) is 44.0 Å². The summed E-state index contributed by atoms with van der Waals surface area (Å²) in [6, 6.07) is 13.8. The Morgan fingerprint density at radius 3 is 2.23 bits per heavy atom. The Bertz CT molecular complexity index is 994. The zero-order chi connectivity index (χ0) is 22.4. The van der Waals surface area contributed by atoms with Gasteiger partial charge in [-0.15, -0.1) is 0 Å². The van der Waals surface area contributed by atoms with Gasteiger partial charge in [0.15, 0.2) is 0 Å². The Morgan fingerprint density at radius 2 is 1.63 bits per heavy atom. The van der Waals surface area contributed by atoms with E-state index in [0.29, 0.717) is 11.1 Å². The van der Waals surface area contributed by atoms with Gasteiger partial charge in [-0.25, -0.2) is 13.1 Å². The Balaban J connectivity index is 1.80. The summed E-state index contributed by atoms with van der Waals surface area (Å²) < 4.78 is 25.9. The van der Waals surface area contributed by atoms with Gasteiger partial charge in [-0.3, -0.25) is 9.59 Å². The molecule has 0 bridgehead atoms. The van der Waals surface area contributed by atoms with Crippen molar-refractivity contribution in [2.24, 2.45) is 0 Å². The summed E-state index contributed by atoms with van der Waals surface area (Å²) in [4.78, 5) is 24.4. The normalized spacial score (nSPS) is 11.7. The van der Waals surface area contributed by atoms with Crippen molar-refractivity contribution >= 4 is 21.8 Å². The van der Waals surface area contributed by atoms with Crippen LogP contribution in [0.1, 0.15) is 48.7 Å². The summed E-state index contributed by atoms with van der Waals surface area (Å²) in [5.74, 6) is -0.464. The molecular weight excluding hydrogens is 402 g/mol. The van der Waals surface area contributed by atoms with Gasteiger partial charge in [-0.05, 0) is 47.9 Å². The van der Waals surface area contributed by atoms with Crippen molar-refractivity contribution in [3.63, 3.8) is 0 Å². The van der Waals surface area contributed by atoms with Crippen molar-refractivity contribution in [1.29, 1.82) is 0 Å². The molecule has 0 aromatic heterocycles. The topological polar surface area (TPSA) is 104 Å². The Hall–Kier alpha value is -2.71. The SMILES string of the molecule is CNS(=O)(=O)c1cccc(CNC(=O)CCNC(=O)c2ccc(C(C)(C)C)cc2)c1. The lowest BCUT2D eigenvalue weighted by Gasteiger charge is -2.19. The van der Waals surface area contributed by atoms with Gasteiger partial charge in [-0.2, -0.15) is 0 Å². The minimum absolute atomic E-state index is 0.0177. The molecule has 2 amide bonds. The third-order valence-electron chi connectivity index (χ3n) is 4.62. The molecule has 0 aliphatic heterocycles. The highest BCUT2D eigenvalue weighted by atomic mass is 32.2. The summed E-state index contributed by atoms with van der Waals surface area (Å²) in [7, 11) is -2.19. The van der Waals surface area contributed by atoms with Crippen molar-refractivity contribution < 1.29 is 18.0 Å². The Kier molecular flexibility index (Phi) is 7.75. The van der Waals surface area contributed by atoms with Gasteiger partial charge in [0, 0.05) is 25.1 Å². The fourth-order valence-corrected chi connectivity index (χ4v) is 3.54. The first kappa shape index (κ1) is 23.6. The summed E-state index contributed by atoms with van der Waals surface area (Å²) in [5.41, 5.74) is 2.38. The number of carbonyl (C=O) groups excluding carboxylic acids is 2. The molecule has 3 N–H and O–H groups in total. The van der Waals surface area contributed by atoms with Crippen LogP contribution in [-0.2, 0) is 26.8 Å². The molecule has 2 aromatic rings. The summed E-state index contributed by atoms with van der Waals surface area (Å²) in [6.45, 7) is 6.73. The Morgan fingerprint density at radius 1 is 0.967 bits per heavy atom. The van der Waals surface area contributed by atoms with Crippen LogP contribution >= 0.6 is 0 Å². The van der Waals surface area contributed by atoms with Crippen LogP contribution in [-0.4, -0.2) is 33.8 Å². The first-order valence-corrected chi connectivity index (χ1v) is 11.2. The number of benzene rings is 2. The van der Waals surface area contributed by atoms with E-state index in [9.17, 15) is 18.0 Å². The van der Waals surface area contributed by atoms with Gasteiger partial charge in [0.05, 0.1) is 4.90 Å². The maximum atomic E-state index is 12.2. The predicted molar refractivity (Wildman–Crippen MR) is 117 cm³/mol. The van der Waals surface area contributed by atoms with Gasteiger partial charge >= 0.3 is 0 Å². The van der Waals surface area contributed by atoms with Gasteiger partial charge in [-0.1, -0.05) is 45.0 Å². The third kappa shape index (κ3) is 6.67. The third-order valence-corrected chi connectivity index (χ3v) is 6.03. The van der Waals surface area contributed by atoms with Crippen LogP contribution in [0.5, 0.6) is 0 Å². The molecule has 7 nitrogen and oxygen atoms in total. The van der Waals surface area contributed by atoms with Crippen LogP contribution in [0.4, 0.5) is 0 Å². The van der Waals surface area contributed by atoms with Crippen molar-refractivity contribution in [1.82, 2.24) is 15.4 Å². The van der Waals surface area contributed by atoms with Gasteiger partial charge in [0.2, 0.25) is 15.9 Å². The second-order valence-electron chi connectivity index (χ2n) is 7.96. The largest absolute Gasteiger partial charge is 0.352 e. The average Bonchev–Trinajstić information content (AvgIpc) is 2.72. The van der Waals surface area contributed by atoms with Crippen LogP contribution in [0.2, 0.25) is 0 Å². The standard InChI is InChI=1S/C22H29N3O4S/c1-22(2,3)18-10-8-17(9-11-18)21(27)24-13-12-20(26)25-15-16-6-5-7-19(14-16)30(28,29)23-4/h5-11,14,23H,12-13,15H2,1-4H3,(H,24,27)(H,25,26). The van der Waals surface area contributed by atoms with E-state index in [-0.39, 0.29) is 41.6 Å². The maximum absolute atomic E-state index is 12.2. The molecule has 162 valence electrons. The second kappa shape index (κ2) is 9.86. The zero-order valence-corrected chi connectivity index (χ0v) is 18.6. The molecule has 2 aromatic carbocycles. The zero-order valence-electron chi connectivity index (χ0n) is 17.8. The van der Waals surface area contributed by atoms with Crippen molar-refractivity contribution in [3.05, 3.63) is 65.2 Å². The van der Waals surface area contributed by atoms with Crippen LogP contribution in [0.25, 0.3) is 0 Å². The van der Waals surface area contributed by atoms with Crippen LogP contribution in [0.3, 0.4) is 0 Å². The average molecular weight is 432 g/mol. The highest BCUT2D eigenvalue weighted by molar-refractivity contribution is 7.89. The number of amides is 2. The van der Waals surface area contributed by atoms with Crippen LogP contribution < -0.4 is 15.4 Å². The lowest BCUT2D eigenvalue weighted by molar-refractivity contribution is -0.121. The number of hydrogen-bond acceptors (Lipinski definition) is 4. The predicted octanol–water partition coefficient (Wildman–Crippen LogP) is 2.33. The fourth-order valence-electron chi connectivity index (χ4n) is 2.74. The highest BCUT2D eigenvalue weighted by Gasteiger charge is 2.15. The van der Waals surface area contributed by atoms with Gasteiger partial charge < -0.3 is 10.6 Å². The molecule has 0 saturated heterocycles. The van der Waals surface area contributed by atoms with Crippen molar-refractivity contribution in [2.75, 3.05) is 13.6 Å². The van der Waals surface area contributed by atoms with E-state index in [0.717, 1.165) is 5.56 Å². The van der Waals surface area contributed by atoms with E-state index in [1.54, 1.807) is 24.3 Å². The van der Waals surface area contributed by atoms with Crippen LogP contribution in [0.15, 0.2) is 53.4 Å². The molecule has 0 radical (unpaired) electrons. The summed E-state index contributed by atoms with van der Waals surface area (Å²) in [6.07, 6.45) is 0.125. The molecule has 0 fully saturated rings. The molecule has 0 spiro atoms. The molecular formula is C22H29N3O4S. The molecule has 0 unspecified atom stereocenters. The minimum atomic E-state index is -3.53. The molecule has 0 aliphatic rings. The number of sulfonamides is 1. The van der Waals surface area contributed by atoms with E-state index in [4.69, 9.17) is 0 Å². The Labute approximate surface area is 178 Å². The van der Waals surface area contributed by atoms with Crippen LogP contribution in [0, 0.1) is 0 Å². The molecule has 0 atom stereocenters. The second-order valence-corrected chi connectivity index (χ2v) is 9.85. The van der Waals surface area contributed by atoms with Crippen molar-refractivity contribution in [3.8, 4) is 0 Å². The van der Waals surface area contributed by atoms with E-state index < -0.39 is 10.0 Å². The van der Waals surface area contributed by atoms with Gasteiger partial charge in [0.1, 0.15) is 0 Å². The smallest absolute Gasteiger partial charge is 0.251 e. The summed E-state index contributed by atoms with van der Waals surface area (Å²) >= 11 is 0. The summed E-state index contributed by atoms with van der Waals surface area (Å²) in [5, 5.41) is 5.46. The monoisotopic (exact) mass is 431 g/mol. The lowest BCUT2D eigenvalue weighted by atomic mass is 9.87. The van der Waals surface area contributed by atoms with Gasteiger partial charge in [0.25, 0.3) is 5.91 Å². The van der Waals surface area contributed by atoms with E-state index in [1.807, 2.05) is 12.1 Å². The van der Waals surface area contributed by atoms with E-state index >= 15 is 0 Å². The minimum Gasteiger partial charge on any atom is -0.352 e. The molecule has 0 heterocycles. The molecule has 30 heavy (non-hydrogen) atoms. The number of carbonyl (C=O) groups is 2. The number of rotatable bonds is 8. The highest BCUT2D eigenvalue weighted by Crippen LogP contribution is 2.22. The maximum Gasteiger partial charge on any atom is 0.251 e. The van der Waals surface area contributed by atoms with E-state index in [2.05, 4.69) is 36.1 Å². The molecule has 0 saturated carbocycles.